The van der Waals surface area contributed by atoms with Crippen LogP contribution in [0.1, 0.15) is 43.0 Å². The highest BCUT2D eigenvalue weighted by Gasteiger charge is 2.18. The smallest absolute Gasteiger partial charge is 0.0948 e. The first-order valence-corrected chi connectivity index (χ1v) is 7.62. The van der Waals surface area contributed by atoms with E-state index in [1.165, 1.54) is 31.2 Å². The molecule has 0 bridgehead atoms. The molecule has 0 spiro atoms. The van der Waals surface area contributed by atoms with Crippen molar-refractivity contribution in [2.45, 2.75) is 44.7 Å². The lowest BCUT2D eigenvalue weighted by Gasteiger charge is -2.26. The van der Waals surface area contributed by atoms with Gasteiger partial charge < -0.3 is 10.3 Å². The van der Waals surface area contributed by atoms with E-state index in [2.05, 4.69) is 33.8 Å². The van der Waals surface area contributed by atoms with Crippen molar-refractivity contribution < 1.29 is 0 Å². The maximum atomic E-state index is 6.36. The number of hydrogen-bond acceptors (Lipinski definition) is 2. The Balaban J connectivity index is 1.62. The highest BCUT2D eigenvalue weighted by atomic mass is 15.1. The number of aromatic nitrogens is 2. The van der Waals surface area contributed by atoms with Gasteiger partial charge in [0.1, 0.15) is 0 Å². The van der Waals surface area contributed by atoms with Crippen LogP contribution in [0.2, 0.25) is 0 Å². The highest BCUT2D eigenvalue weighted by molar-refractivity contribution is 5.18. The van der Waals surface area contributed by atoms with E-state index in [9.17, 15) is 0 Å². The molecule has 1 fully saturated rings. The van der Waals surface area contributed by atoms with Gasteiger partial charge in [0, 0.05) is 12.7 Å². The van der Waals surface area contributed by atoms with E-state index in [0.717, 1.165) is 24.6 Å². The number of nitrogens with zero attached hydrogens (tertiary/aromatic N) is 2. The van der Waals surface area contributed by atoms with Crippen molar-refractivity contribution in [3.05, 3.63) is 54.1 Å². The molecular formula is C17H23N3. The standard InChI is InChI=1S/C17H23N3/c18-16(11-15-5-2-1-3-6-15)17-12-19-13-20(17)10-9-14-7-4-8-14/h1-3,5-6,12-14,16H,4,7-11,18H2/t16-/m1/s1. The molecular weight excluding hydrogens is 246 g/mol. The topological polar surface area (TPSA) is 43.8 Å². The lowest BCUT2D eigenvalue weighted by molar-refractivity contribution is 0.280. The highest BCUT2D eigenvalue weighted by Crippen LogP contribution is 2.30. The van der Waals surface area contributed by atoms with Crippen LogP contribution in [0.4, 0.5) is 0 Å². The summed E-state index contributed by atoms with van der Waals surface area (Å²) in [6.45, 7) is 1.06. The molecule has 0 radical (unpaired) electrons. The summed E-state index contributed by atoms with van der Waals surface area (Å²) in [4.78, 5) is 4.29. The SMILES string of the molecule is N[C@H](Cc1ccccc1)c1cncn1CCC1CCC1. The van der Waals surface area contributed by atoms with Crippen molar-refractivity contribution in [3.63, 3.8) is 0 Å². The van der Waals surface area contributed by atoms with E-state index in [-0.39, 0.29) is 6.04 Å². The van der Waals surface area contributed by atoms with Gasteiger partial charge in [0.25, 0.3) is 0 Å². The molecule has 0 unspecified atom stereocenters. The van der Waals surface area contributed by atoms with Crippen molar-refractivity contribution in [1.29, 1.82) is 0 Å². The van der Waals surface area contributed by atoms with Crippen LogP contribution in [-0.4, -0.2) is 9.55 Å². The molecule has 3 nitrogen and oxygen atoms in total. The van der Waals surface area contributed by atoms with Crippen LogP contribution in [0.25, 0.3) is 0 Å². The van der Waals surface area contributed by atoms with Crippen LogP contribution in [0.3, 0.4) is 0 Å². The summed E-state index contributed by atoms with van der Waals surface area (Å²) < 4.78 is 2.24. The summed E-state index contributed by atoms with van der Waals surface area (Å²) in [5.41, 5.74) is 8.81. The number of aryl methyl sites for hydroxylation is 1. The Morgan fingerprint density at radius 1 is 1.25 bits per heavy atom. The van der Waals surface area contributed by atoms with E-state index < -0.39 is 0 Å². The summed E-state index contributed by atoms with van der Waals surface area (Å²) in [7, 11) is 0. The first-order chi connectivity index (χ1) is 9.83. The van der Waals surface area contributed by atoms with Crippen molar-refractivity contribution >= 4 is 0 Å². The van der Waals surface area contributed by atoms with Crippen LogP contribution >= 0.6 is 0 Å². The molecule has 3 rings (SSSR count). The summed E-state index contributed by atoms with van der Waals surface area (Å²) in [5, 5.41) is 0. The van der Waals surface area contributed by atoms with E-state index in [1.807, 2.05) is 18.6 Å². The van der Waals surface area contributed by atoms with Gasteiger partial charge in [-0.15, -0.1) is 0 Å². The molecule has 1 saturated carbocycles. The summed E-state index contributed by atoms with van der Waals surface area (Å²) in [5.74, 6) is 0.926. The molecule has 1 aliphatic rings. The molecule has 0 saturated heterocycles. The Morgan fingerprint density at radius 3 is 2.75 bits per heavy atom. The van der Waals surface area contributed by atoms with Crippen molar-refractivity contribution in [3.8, 4) is 0 Å². The van der Waals surface area contributed by atoms with Gasteiger partial charge in [-0.05, 0) is 24.3 Å². The van der Waals surface area contributed by atoms with Gasteiger partial charge in [-0.25, -0.2) is 4.98 Å². The van der Waals surface area contributed by atoms with Crippen LogP contribution in [0.15, 0.2) is 42.9 Å². The van der Waals surface area contributed by atoms with Gasteiger partial charge in [0.2, 0.25) is 0 Å². The molecule has 106 valence electrons. The maximum absolute atomic E-state index is 6.36. The monoisotopic (exact) mass is 269 g/mol. The number of imidazole rings is 1. The fraction of sp³-hybridized carbons (Fsp3) is 0.471. The Bertz CT molecular complexity index is 528. The van der Waals surface area contributed by atoms with Gasteiger partial charge in [0.15, 0.2) is 0 Å². The second kappa shape index (κ2) is 6.23. The Morgan fingerprint density at radius 2 is 2.05 bits per heavy atom. The average molecular weight is 269 g/mol. The quantitative estimate of drug-likeness (QED) is 0.874. The zero-order valence-corrected chi connectivity index (χ0v) is 11.9. The Hall–Kier alpha value is -1.61. The third-order valence-corrected chi connectivity index (χ3v) is 4.43. The van der Waals surface area contributed by atoms with E-state index in [0.29, 0.717) is 0 Å². The van der Waals surface area contributed by atoms with E-state index >= 15 is 0 Å². The van der Waals surface area contributed by atoms with Crippen LogP contribution in [-0.2, 0) is 13.0 Å². The predicted molar refractivity (Wildman–Crippen MR) is 81.3 cm³/mol. The second-order valence-corrected chi connectivity index (χ2v) is 5.89. The van der Waals surface area contributed by atoms with Crippen molar-refractivity contribution in [2.24, 2.45) is 11.7 Å². The lowest BCUT2D eigenvalue weighted by atomic mass is 9.83. The zero-order chi connectivity index (χ0) is 13.8. The van der Waals surface area contributed by atoms with Gasteiger partial charge in [-0.3, -0.25) is 0 Å². The fourth-order valence-electron chi connectivity index (χ4n) is 2.90. The third kappa shape index (κ3) is 3.10. The molecule has 0 aliphatic heterocycles. The number of benzene rings is 1. The normalized spacial score (nSPS) is 16.9. The van der Waals surface area contributed by atoms with Crippen molar-refractivity contribution in [2.75, 3.05) is 0 Å². The first-order valence-electron chi connectivity index (χ1n) is 7.62. The van der Waals surface area contributed by atoms with Gasteiger partial charge in [0.05, 0.1) is 18.1 Å². The van der Waals surface area contributed by atoms with Crippen LogP contribution < -0.4 is 5.73 Å². The van der Waals surface area contributed by atoms with Gasteiger partial charge in [-0.1, -0.05) is 49.6 Å². The molecule has 0 amide bonds. The lowest BCUT2D eigenvalue weighted by Crippen LogP contribution is -2.19. The fourth-order valence-corrected chi connectivity index (χ4v) is 2.90. The molecule has 2 N–H and O–H groups in total. The molecule has 20 heavy (non-hydrogen) atoms. The summed E-state index contributed by atoms with van der Waals surface area (Å²) in [6.07, 6.45) is 10.2. The van der Waals surface area contributed by atoms with Crippen LogP contribution in [0, 0.1) is 5.92 Å². The minimum Gasteiger partial charge on any atom is -0.333 e. The minimum absolute atomic E-state index is 0.0290. The molecule has 1 atom stereocenters. The first kappa shape index (κ1) is 13.4. The molecule has 1 aromatic heterocycles. The van der Waals surface area contributed by atoms with E-state index in [4.69, 9.17) is 5.73 Å². The number of hydrogen-bond donors (Lipinski definition) is 1. The minimum atomic E-state index is 0.0290. The zero-order valence-electron chi connectivity index (χ0n) is 11.9. The van der Waals surface area contributed by atoms with Gasteiger partial charge in [-0.2, -0.15) is 0 Å². The Kier molecular flexibility index (Phi) is 4.16. The maximum Gasteiger partial charge on any atom is 0.0948 e. The second-order valence-electron chi connectivity index (χ2n) is 5.89. The van der Waals surface area contributed by atoms with Crippen molar-refractivity contribution in [1.82, 2.24) is 9.55 Å². The molecule has 1 heterocycles. The van der Waals surface area contributed by atoms with Gasteiger partial charge >= 0.3 is 0 Å². The Labute approximate surface area is 120 Å². The van der Waals surface area contributed by atoms with E-state index in [1.54, 1.807) is 0 Å². The summed E-state index contributed by atoms with van der Waals surface area (Å²) in [6, 6.07) is 10.5. The molecule has 3 heteroatoms. The average Bonchev–Trinajstić information content (AvgIpc) is 2.86. The third-order valence-electron chi connectivity index (χ3n) is 4.43. The molecule has 1 aliphatic carbocycles. The number of nitrogens with two attached hydrogens (primary N) is 1. The molecule has 2 aromatic rings. The largest absolute Gasteiger partial charge is 0.333 e. The van der Waals surface area contributed by atoms with Crippen LogP contribution in [0.5, 0.6) is 0 Å². The predicted octanol–water partition coefficient (Wildman–Crippen LogP) is 3.32. The molecule has 1 aromatic carbocycles. The summed E-state index contributed by atoms with van der Waals surface area (Å²) >= 11 is 0. The number of rotatable bonds is 6.